The summed E-state index contributed by atoms with van der Waals surface area (Å²) in [5, 5.41) is 21.6. The molecule has 0 radical (unpaired) electrons. The Kier molecular flexibility index (Phi) is 9.23. The third-order valence-electron chi connectivity index (χ3n) is 5.52. The minimum Gasteiger partial charge on any atom is -0.545 e. The third-order valence-corrected chi connectivity index (χ3v) is 5.52. The number of para-hydroxylation sites is 4. The van der Waals surface area contributed by atoms with E-state index in [1.807, 2.05) is 60.7 Å². The molecule has 6 aromatic rings. The molecule has 0 aliphatic rings. The predicted molar refractivity (Wildman–Crippen MR) is 132 cm³/mol. The number of rotatable bonds is 4. The Balaban J connectivity index is 0.000000200. The van der Waals surface area contributed by atoms with Gasteiger partial charge in [-0.3, -0.25) is 0 Å². The first-order chi connectivity index (χ1) is 17.5. The molecule has 2 aromatic heterocycles. The van der Waals surface area contributed by atoms with Crippen molar-refractivity contribution in [2.45, 2.75) is 0 Å². The van der Waals surface area contributed by atoms with Gasteiger partial charge in [0.2, 0.25) is 0 Å². The summed E-state index contributed by atoms with van der Waals surface area (Å²) in [5.74, 6) is -1.07. The van der Waals surface area contributed by atoms with Gasteiger partial charge in [-0.15, -0.1) is 0 Å². The zero-order valence-electron chi connectivity index (χ0n) is 19.4. The van der Waals surface area contributed by atoms with Crippen LogP contribution < -0.4 is 10.2 Å². The fraction of sp³-hybridized carbons (Fsp3) is 0. The van der Waals surface area contributed by atoms with Crippen molar-refractivity contribution in [2.24, 2.45) is 0 Å². The number of carbonyl (C=O) groups is 2. The molecule has 2 heterocycles. The number of aromatic carboxylic acids is 2. The average molecular weight is 602 g/mol. The molecule has 0 bridgehead atoms. The summed E-state index contributed by atoms with van der Waals surface area (Å²) >= 11 is 0. The van der Waals surface area contributed by atoms with Crippen LogP contribution in [0, 0.1) is 0 Å². The summed E-state index contributed by atoms with van der Waals surface area (Å²) in [5.41, 5.74) is 5.30. The van der Waals surface area contributed by atoms with Crippen molar-refractivity contribution in [1.29, 1.82) is 0 Å². The number of carbonyl (C=O) groups excluding carboxylic acids is 2. The molecule has 0 aliphatic carbocycles. The number of carboxylic acid groups (broad SMARTS) is 2. The molecule has 196 valence electrons. The molecule has 0 amide bonds. The predicted octanol–water partition coefficient (Wildman–Crippen LogP) is 3.18. The number of aromatic nitrogens is 4. The van der Waals surface area contributed by atoms with Gasteiger partial charge in [-0.25, -0.2) is 9.97 Å². The maximum Gasteiger partial charge on any atom is 1.00 e. The Morgan fingerprint density at radius 2 is 0.947 bits per heavy atom. The van der Waals surface area contributed by atoms with Gasteiger partial charge in [0.05, 0.1) is 34.0 Å². The van der Waals surface area contributed by atoms with E-state index in [0.717, 1.165) is 33.2 Å². The van der Waals surface area contributed by atoms with Gasteiger partial charge in [0.25, 0.3) is 0 Å². The molecule has 8 nitrogen and oxygen atoms in total. The molecular formula is C28H18Cu2N4O4. The van der Waals surface area contributed by atoms with Crippen molar-refractivity contribution < 1.29 is 53.9 Å². The SMILES string of the molecule is O=C([O-])c1cccc(-c2nc3ccccc3[nH]2)c1.O=C([O-])c1cccc(-c2nc3ccccc3[nH]2)c1.[Cu+].[Cu+]. The van der Waals surface area contributed by atoms with Crippen LogP contribution in [-0.4, -0.2) is 31.9 Å². The molecule has 0 unspecified atom stereocenters. The minimum atomic E-state index is -1.19. The van der Waals surface area contributed by atoms with Gasteiger partial charge in [-0.05, 0) is 47.5 Å². The molecule has 0 saturated heterocycles. The van der Waals surface area contributed by atoms with Crippen LogP contribution in [-0.2, 0) is 34.1 Å². The molecular weight excluding hydrogens is 583 g/mol. The van der Waals surface area contributed by atoms with Crippen LogP contribution in [0.2, 0.25) is 0 Å². The Bertz CT molecular complexity index is 1540. The smallest absolute Gasteiger partial charge is 0.545 e. The van der Waals surface area contributed by atoms with Crippen molar-refractivity contribution in [3.8, 4) is 22.8 Å². The zero-order valence-corrected chi connectivity index (χ0v) is 21.3. The first-order valence-corrected chi connectivity index (χ1v) is 11.0. The van der Waals surface area contributed by atoms with Crippen molar-refractivity contribution in [3.63, 3.8) is 0 Å². The fourth-order valence-corrected chi connectivity index (χ4v) is 3.77. The summed E-state index contributed by atoms with van der Waals surface area (Å²) in [6, 6.07) is 28.4. The molecule has 0 spiro atoms. The minimum absolute atomic E-state index is 0. The second-order valence-electron chi connectivity index (χ2n) is 7.94. The van der Waals surface area contributed by atoms with Crippen LogP contribution in [0.15, 0.2) is 97.1 Å². The van der Waals surface area contributed by atoms with Gasteiger partial charge in [0.1, 0.15) is 11.6 Å². The number of carboxylic acids is 2. The van der Waals surface area contributed by atoms with Crippen molar-refractivity contribution in [3.05, 3.63) is 108 Å². The summed E-state index contributed by atoms with van der Waals surface area (Å²) < 4.78 is 0. The van der Waals surface area contributed by atoms with E-state index in [0.29, 0.717) is 11.6 Å². The Morgan fingerprint density at radius 3 is 1.32 bits per heavy atom. The number of nitrogens with one attached hydrogen (secondary N) is 2. The number of H-pyrrole nitrogens is 2. The second kappa shape index (κ2) is 12.4. The van der Waals surface area contributed by atoms with E-state index in [1.54, 1.807) is 24.3 Å². The number of imidazole rings is 2. The summed E-state index contributed by atoms with van der Waals surface area (Å²) in [4.78, 5) is 36.8. The maximum absolute atomic E-state index is 10.8. The molecule has 0 aliphatic heterocycles. The zero-order chi connectivity index (χ0) is 25.1. The molecule has 0 saturated carbocycles. The van der Waals surface area contributed by atoms with Crippen molar-refractivity contribution in [2.75, 3.05) is 0 Å². The van der Waals surface area contributed by atoms with E-state index < -0.39 is 11.9 Å². The number of fused-ring (bicyclic) bond motifs is 2. The quantitative estimate of drug-likeness (QED) is 0.298. The van der Waals surface area contributed by atoms with Crippen molar-refractivity contribution >= 4 is 34.0 Å². The molecule has 0 fully saturated rings. The van der Waals surface area contributed by atoms with E-state index in [9.17, 15) is 19.8 Å². The molecule has 2 N–H and O–H groups in total. The monoisotopic (exact) mass is 600 g/mol. The van der Waals surface area contributed by atoms with E-state index in [-0.39, 0.29) is 45.3 Å². The number of hydrogen-bond donors (Lipinski definition) is 2. The van der Waals surface area contributed by atoms with Gasteiger partial charge in [-0.2, -0.15) is 0 Å². The first-order valence-electron chi connectivity index (χ1n) is 11.0. The summed E-state index contributed by atoms with van der Waals surface area (Å²) in [6.07, 6.45) is 0. The van der Waals surface area contributed by atoms with E-state index >= 15 is 0 Å². The Labute approximate surface area is 238 Å². The number of hydrogen-bond acceptors (Lipinski definition) is 6. The van der Waals surface area contributed by atoms with Crippen molar-refractivity contribution in [1.82, 2.24) is 19.9 Å². The third kappa shape index (κ3) is 6.19. The molecule has 4 aromatic carbocycles. The van der Waals surface area contributed by atoms with Crippen LogP contribution in [0.4, 0.5) is 0 Å². The van der Waals surface area contributed by atoms with Crippen LogP contribution in [0.1, 0.15) is 20.7 Å². The van der Waals surface area contributed by atoms with Gasteiger partial charge in [-0.1, -0.05) is 60.7 Å². The van der Waals surface area contributed by atoms with Gasteiger partial charge >= 0.3 is 34.1 Å². The molecule has 38 heavy (non-hydrogen) atoms. The van der Waals surface area contributed by atoms with E-state index in [4.69, 9.17) is 0 Å². The number of nitrogens with zero attached hydrogens (tertiary/aromatic N) is 2. The largest absolute Gasteiger partial charge is 1.00 e. The molecule has 10 heteroatoms. The van der Waals surface area contributed by atoms with E-state index in [2.05, 4.69) is 19.9 Å². The first kappa shape index (κ1) is 28.4. The molecule has 6 rings (SSSR count). The Morgan fingerprint density at radius 1 is 0.553 bits per heavy atom. The Hall–Kier alpha value is -4.20. The van der Waals surface area contributed by atoms with Gasteiger partial charge < -0.3 is 29.8 Å². The maximum atomic E-state index is 10.8. The average Bonchev–Trinajstić information content (AvgIpc) is 3.54. The standard InChI is InChI=1S/2C14H10N2O2.2Cu/c2*17-14(18)10-5-3-4-9(8-10)13-15-11-6-1-2-7-12(11)16-13;;/h2*1-8H,(H,15,16)(H,17,18);;/q;;2*+1/p-2. The van der Waals surface area contributed by atoms with Crippen LogP contribution in [0.5, 0.6) is 0 Å². The van der Waals surface area contributed by atoms with E-state index in [1.165, 1.54) is 12.1 Å². The van der Waals surface area contributed by atoms with Gasteiger partial charge in [0.15, 0.2) is 0 Å². The van der Waals surface area contributed by atoms with Crippen LogP contribution in [0.25, 0.3) is 44.8 Å². The second-order valence-corrected chi connectivity index (χ2v) is 7.94. The fourth-order valence-electron chi connectivity index (χ4n) is 3.77. The molecule has 0 atom stereocenters. The topological polar surface area (TPSA) is 138 Å². The summed E-state index contributed by atoms with van der Waals surface area (Å²) in [6.45, 7) is 0. The summed E-state index contributed by atoms with van der Waals surface area (Å²) in [7, 11) is 0. The number of aromatic amines is 2. The van der Waals surface area contributed by atoms with Crippen LogP contribution >= 0.6 is 0 Å². The van der Waals surface area contributed by atoms with Gasteiger partial charge in [0, 0.05) is 11.1 Å². The normalized spacial score (nSPS) is 10.1. The number of benzene rings is 4. The van der Waals surface area contributed by atoms with Crippen LogP contribution in [0.3, 0.4) is 0 Å².